The molecule has 0 spiro atoms. The number of rotatable bonds is 6. The molecular weight excluding hydrogens is 270 g/mol. The molecule has 0 aliphatic heterocycles. The number of hydrogen-bond donors (Lipinski definition) is 2. The maximum Gasteiger partial charge on any atom is 0.326 e. The molecule has 0 aliphatic rings. The van der Waals surface area contributed by atoms with Gasteiger partial charge in [-0.1, -0.05) is 32.9 Å². The van der Waals surface area contributed by atoms with Crippen LogP contribution < -0.4 is 10.1 Å². The van der Waals surface area contributed by atoms with Crippen molar-refractivity contribution in [3.05, 3.63) is 29.8 Å². The highest BCUT2D eigenvalue weighted by Gasteiger charge is 2.32. The zero-order valence-corrected chi connectivity index (χ0v) is 13.0. The summed E-state index contributed by atoms with van der Waals surface area (Å²) in [6.45, 7) is 7.83. The van der Waals surface area contributed by atoms with Crippen LogP contribution in [0.3, 0.4) is 0 Å². The van der Waals surface area contributed by atoms with Crippen LogP contribution in [0.25, 0.3) is 0 Å². The Hall–Kier alpha value is -2.04. The van der Waals surface area contributed by atoms with E-state index in [1.807, 2.05) is 6.92 Å². The van der Waals surface area contributed by atoms with Crippen molar-refractivity contribution in [3.8, 4) is 5.75 Å². The number of carboxylic acids is 1. The van der Waals surface area contributed by atoms with E-state index < -0.39 is 17.4 Å². The SMILES string of the molecule is CCOc1ccc(CC(=O)NC(C(=O)O)C(C)(C)C)cc1. The molecule has 116 valence electrons. The maximum absolute atomic E-state index is 12.0. The monoisotopic (exact) mass is 293 g/mol. The van der Waals surface area contributed by atoms with Crippen molar-refractivity contribution in [2.45, 2.75) is 40.2 Å². The van der Waals surface area contributed by atoms with Crippen molar-refractivity contribution in [1.29, 1.82) is 0 Å². The van der Waals surface area contributed by atoms with Crippen LogP contribution in [0.2, 0.25) is 0 Å². The van der Waals surface area contributed by atoms with Crippen molar-refractivity contribution >= 4 is 11.9 Å². The van der Waals surface area contributed by atoms with Gasteiger partial charge in [0.1, 0.15) is 11.8 Å². The fourth-order valence-corrected chi connectivity index (χ4v) is 1.92. The minimum Gasteiger partial charge on any atom is -0.494 e. The van der Waals surface area contributed by atoms with E-state index in [9.17, 15) is 14.7 Å². The molecule has 1 aromatic rings. The number of amides is 1. The smallest absolute Gasteiger partial charge is 0.326 e. The summed E-state index contributed by atoms with van der Waals surface area (Å²) in [5.74, 6) is -0.580. The minimum absolute atomic E-state index is 0.145. The molecule has 5 nitrogen and oxygen atoms in total. The summed E-state index contributed by atoms with van der Waals surface area (Å²) in [4.78, 5) is 23.2. The molecule has 0 fully saturated rings. The second kappa shape index (κ2) is 7.11. The predicted octanol–water partition coefficient (Wildman–Crippen LogP) is 2.24. The molecule has 5 heteroatoms. The van der Waals surface area contributed by atoms with E-state index in [1.54, 1.807) is 45.0 Å². The van der Waals surface area contributed by atoms with E-state index in [1.165, 1.54) is 0 Å². The number of aliphatic carboxylic acids is 1. The molecule has 1 atom stereocenters. The first-order valence-corrected chi connectivity index (χ1v) is 6.98. The zero-order chi connectivity index (χ0) is 16.0. The summed E-state index contributed by atoms with van der Waals surface area (Å²) in [5.41, 5.74) is 0.273. The Bertz CT molecular complexity index is 488. The fourth-order valence-electron chi connectivity index (χ4n) is 1.92. The van der Waals surface area contributed by atoms with Crippen LogP contribution in [-0.4, -0.2) is 29.6 Å². The van der Waals surface area contributed by atoms with Crippen LogP contribution >= 0.6 is 0 Å². The van der Waals surface area contributed by atoms with E-state index >= 15 is 0 Å². The van der Waals surface area contributed by atoms with Crippen molar-refractivity contribution < 1.29 is 19.4 Å². The molecule has 0 saturated heterocycles. The Kier molecular flexibility index (Phi) is 5.76. The average molecular weight is 293 g/mol. The molecule has 0 saturated carbocycles. The van der Waals surface area contributed by atoms with Gasteiger partial charge in [-0.05, 0) is 30.0 Å². The predicted molar refractivity (Wildman–Crippen MR) is 80.3 cm³/mol. The standard InChI is InChI=1S/C16H23NO4/c1-5-21-12-8-6-11(7-9-12)10-13(18)17-14(15(19)20)16(2,3)4/h6-9,14H,5,10H2,1-4H3,(H,17,18)(H,19,20). The Morgan fingerprint density at radius 2 is 1.81 bits per heavy atom. The van der Waals surface area contributed by atoms with Crippen LogP contribution in [0.5, 0.6) is 5.75 Å². The van der Waals surface area contributed by atoms with Gasteiger partial charge < -0.3 is 15.2 Å². The van der Waals surface area contributed by atoms with Crippen LogP contribution in [0.4, 0.5) is 0 Å². The van der Waals surface area contributed by atoms with Crippen LogP contribution in [0.15, 0.2) is 24.3 Å². The highest BCUT2D eigenvalue weighted by Crippen LogP contribution is 2.19. The van der Waals surface area contributed by atoms with Gasteiger partial charge in [0.15, 0.2) is 0 Å². The first-order valence-electron chi connectivity index (χ1n) is 6.98. The Morgan fingerprint density at radius 1 is 1.24 bits per heavy atom. The van der Waals surface area contributed by atoms with Crippen molar-refractivity contribution in [2.24, 2.45) is 5.41 Å². The number of carbonyl (C=O) groups is 2. The van der Waals surface area contributed by atoms with Crippen LogP contribution in [-0.2, 0) is 16.0 Å². The number of hydrogen-bond acceptors (Lipinski definition) is 3. The number of carboxylic acid groups (broad SMARTS) is 1. The van der Waals surface area contributed by atoms with Gasteiger partial charge in [-0.15, -0.1) is 0 Å². The molecular formula is C16H23NO4. The summed E-state index contributed by atoms with van der Waals surface area (Å²) in [6, 6.07) is 6.29. The molecule has 0 bridgehead atoms. The van der Waals surface area contributed by atoms with Crippen molar-refractivity contribution in [2.75, 3.05) is 6.61 Å². The third-order valence-corrected chi connectivity index (χ3v) is 3.02. The van der Waals surface area contributed by atoms with E-state index in [-0.39, 0.29) is 12.3 Å². The second-order valence-electron chi connectivity index (χ2n) is 5.96. The summed E-state index contributed by atoms with van der Waals surface area (Å²) in [6.07, 6.45) is 0.145. The number of nitrogens with one attached hydrogen (secondary N) is 1. The van der Waals surface area contributed by atoms with Crippen molar-refractivity contribution in [1.82, 2.24) is 5.32 Å². The fraction of sp³-hybridized carbons (Fsp3) is 0.500. The molecule has 1 amide bonds. The largest absolute Gasteiger partial charge is 0.494 e. The molecule has 1 unspecified atom stereocenters. The third-order valence-electron chi connectivity index (χ3n) is 3.02. The Morgan fingerprint density at radius 3 is 2.24 bits per heavy atom. The Balaban J connectivity index is 2.66. The van der Waals surface area contributed by atoms with Crippen molar-refractivity contribution in [3.63, 3.8) is 0 Å². The maximum atomic E-state index is 12.0. The van der Waals surface area contributed by atoms with Gasteiger partial charge >= 0.3 is 5.97 Å². The molecule has 21 heavy (non-hydrogen) atoms. The third kappa shape index (κ3) is 5.45. The molecule has 0 radical (unpaired) electrons. The quantitative estimate of drug-likeness (QED) is 0.843. The van der Waals surface area contributed by atoms with Gasteiger partial charge in [-0.3, -0.25) is 4.79 Å². The topological polar surface area (TPSA) is 75.6 Å². The highest BCUT2D eigenvalue weighted by atomic mass is 16.5. The van der Waals surface area contributed by atoms with E-state index in [0.29, 0.717) is 6.61 Å². The first-order chi connectivity index (χ1) is 9.74. The highest BCUT2D eigenvalue weighted by molar-refractivity contribution is 5.85. The lowest BCUT2D eigenvalue weighted by atomic mass is 9.86. The van der Waals surface area contributed by atoms with E-state index in [4.69, 9.17) is 4.74 Å². The van der Waals surface area contributed by atoms with Crippen LogP contribution in [0, 0.1) is 5.41 Å². The van der Waals surface area contributed by atoms with Gasteiger partial charge in [-0.2, -0.15) is 0 Å². The lowest BCUT2D eigenvalue weighted by molar-refractivity contribution is -0.144. The summed E-state index contributed by atoms with van der Waals surface area (Å²) < 4.78 is 5.33. The number of benzene rings is 1. The Labute approximate surface area is 125 Å². The van der Waals surface area contributed by atoms with Gasteiger partial charge in [0.05, 0.1) is 13.0 Å². The average Bonchev–Trinajstić information content (AvgIpc) is 2.37. The number of carbonyl (C=O) groups excluding carboxylic acids is 1. The molecule has 0 aliphatic carbocycles. The molecule has 0 heterocycles. The molecule has 2 N–H and O–H groups in total. The normalized spacial score (nSPS) is 12.6. The summed E-state index contributed by atoms with van der Waals surface area (Å²) in [7, 11) is 0. The minimum atomic E-state index is -1.03. The zero-order valence-electron chi connectivity index (χ0n) is 13.0. The van der Waals surface area contributed by atoms with Gasteiger partial charge in [-0.25, -0.2) is 4.79 Å². The van der Waals surface area contributed by atoms with Crippen LogP contribution in [0.1, 0.15) is 33.3 Å². The summed E-state index contributed by atoms with van der Waals surface area (Å²) >= 11 is 0. The molecule has 1 rings (SSSR count). The van der Waals surface area contributed by atoms with Gasteiger partial charge in [0.25, 0.3) is 0 Å². The molecule has 1 aromatic carbocycles. The lowest BCUT2D eigenvalue weighted by Gasteiger charge is -2.27. The van der Waals surface area contributed by atoms with E-state index in [0.717, 1.165) is 11.3 Å². The van der Waals surface area contributed by atoms with Gasteiger partial charge in [0.2, 0.25) is 5.91 Å². The number of ether oxygens (including phenoxy) is 1. The molecule has 0 aromatic heterocycles. The lowest BCUT2D eigenvalue weighted by Crippen LogP contribution is -2.49. The summed E-state index contributed by atoms with van der Waals surface area (Å²) in [5, 5.41) is 11.8. The second-order valence-corrected chi connectivity index (χ2v) is 5.96. The van der Waals surface area contributed by atoms with E-state index in [2.05, 4.69) is 5.32 Å². The first kappa shape index (κ1) is 17.0. The van der Waals surface area contributed by atoms with Gasteiger partial charge in [0, 0.05) is 0 Å².